The predicted octanol–water partition coefficient (Wildman–Crippen LogP) is 3.02. The van der Waals surface area contributed by atoms with Crippen LogP contribution >= 0.6 is 0 Å². The Morgan fingerprint density at radius 3 is 2.65 bits per heavy atom. The zero-order chi connectivity index (χ0) is 12.1. The second-order valence-corrected chi connectivity index (χ2v) is 3.74. The Bertz CT molecular complexity index is 508. The highest BCUT2D eigenvalue weighted by molar-refractivity contribution is 5.59. The first-order chi connectivity index (χ1) is 8.31. The quantitative estimate of drug-likeness (QED) is 0.754. The van der Waals surface area contributed by atoms with Gasteiger partial charge in [0.25, 0.3) is 0 Å². The molecule has 2 rings (SSSR count). The molecule has 0 aliphatic carbocycles. The van der Waals surface area contributed by atoms with E-state index in [2.05, 4.69) is 4.98 Å². The number of aryl methyl sites for hydroxylation is 1. The van der Waals surface area contributed by atoms with Crippen LogP contribution in [0.25, 0.3) is 11.3 Å². The number of hydrogen-bond acceptors (Lipinski definition) is 2. The van der Waals surface area contributed by atoms with Crippen molar-refractivity contribution >= 4 is 6.29 Å². The topological polar surface area (TPSA) is 30.0 Å². The molecule has 0 aliphatic rings. The number of aldehydes is 1. The minimum Gasteiger partial charge on any atom is -0.303 e. The van der Waals surface area contributed by atoms with Gasteiger partial charge in [-0.1, -0.05) is 18.2 Å². The summed E-state index contributed by atoms with van der Waals surface area (Å²) in [5, 5.41) is 0. The van der Waals surface area contributed by atoms with Gasteiger partial charge in [0.05, 0.1) is 5.69 Å². The standard InChI is InChI=1S/C14H12FNO/c15-13-6-2-1-5-12(13)14-8-7-11(10-16-14)4-3-9-17/h1-2,5-10H,3-4H2. The van der Waals surface area contributed by atoms with Crippen molar-refractivity contribution in [3.05, 3.63) is 54.0 Å². The zero-order valence-electron chi connectivity index (χ0n) is 9.27. The number of rotatable bonds is 4. The molecule has 0 N–H and O–H groups in total. The molecule has 0 saturated heterocycles. The lowest BCUT2D eigenvalue weighted by Gasteiger charge is -2.03. The Balaban J connectivity index is 2.23. The van der Waals surface area contributed by atoms with Gasteiger partial charge in [-0.15, -0.1) is 0 Å². The summed E-state index contributed by atoms with van der Waals surface area (Å²) in [6, 6.07) is 10.2. The second-order valence-electron chi connectivity index (χ2n) is 3.74. The predicted molar refractivity (Wildman–Crippen MR) is 64.0 cm³/mol. The molecule has 0 saturated carbocycles. The fraction of sp³-hybridized carbons (Fsp3) is 0.143. The van der Waals surface area contributed by atoms with Gasteiger partial charge in [0.15, 0.2) is 0 Å². The van der Waals surface area contributed by atoms with Crippen LogP contribution < -0.4 is 0 Å². The molecule has 1 aromatic heterocycles. The highest BCUT2D eigenvalue weighted by Crippen LogP contribution is 2.20. The highest BCUT2D eigenvalue weighted by Gasteiger charge is 2.04. The van der Waals surface area contributed by atoms with Crippen molar-refractivity contribution in [2.45, 2.75) is 12.8 Å². The van der Waals surface area contributed by atoms with Gasteiger partial charge in [0.2, 0.25) is 0 Å². The average molecular weight is 229 g/mol. The number of hydrogen-bond donors (Lipinski definition) is 0. The van der Waals surface area contributed by atoms with E-state index in [-0.39, 0.29) is 5.82 Å². The van der Waals surface area contributed by atoms with E-state index in [1.54, 1.807) is 30.5 Å². The summed E-state index contributed by atoms with van der Waals surface area (Å²) >= 11 is 0. The Labute approximate surface area is 99.1 Å². The lowest BCUT2D eigenvalue weighted by Crippen LogP contribution is -1.91. The van der Waals surface area contributed by atoms with Gasteiger partial charge in [0.1, 0.15) is 12.1 Å². The lowest BCUT2D eigenvalue weighted by molar-refractivity contribution is -0.107. The maximum Gasteiger partial charge on any atom is 0.132 e. The van der Waals surface area contributed by atoms with Crippen molar-refractivity contribution in [3.63, 3.8) is 0 Å². The largest absolute Gasteiger partial charge is 0.303 e. The molecule has 0 amide bonds. The van der Waals surface area contributed by atoms with Crippen molar-refractivity contribution in [3.8, 4) is 11.3 Å². The number of nitrogens with zero attached hydrogens (tertiary/aromatic N) is 1. The SMILES string of the molecule is O=CCCc1ccc(-c2ccccc2F)nc1. The Morgan fingerprint density at radius 2 is 2.00 bits per heavy atom. The molecule has 0 fully saturated rings. The maximum atomic E-state index is 13.5. The summed E-state index contributed by atoms with van der Waals surface area (Å²) in [6.07, 6.45) is 3.73. The van der Waals surface area contributed by atoms with Crippen LogP contribution in [-0.2, 0) is 11.2 Å². The van der Waals surface area contributed by atoms with Gasteiger partial charge in [-0.3, -0.25) is 4.98 Å². The number of halogens is 1. The normalized spacial score (nSPS) is 10.2. The van der Waals surface area contributed by atoms with Crippen LogP contribution in [0.4, 0.5) is 4.39 Å². The van der Waals surface area contributed by atoms with E-state index >= 15 is 0 Å². The summed E-state index contributed by atoms with van der Waals surface area (Å²) in [6.45, 7) is 0. The Kier molecular flexibility index (Phi) is 3.60. The van der Waals surface area contributed by atoms with Gasteiger partial charge < -0.3 is 4.79 Å². The number of benzene rings is 1. The second kappa shape index (κ2) is 5.34. The highest BCUT2D eigenvalue weighted by atomic mass is 19.1. The van der Waals surface area contributed by atoms with E-state index < -0.39 is 0 Å². The number of carbonyl (C=O) groups is 1. The summed E-state index contributed by atoms with van der Waals surface area (Å²) in [4.78, 5) is 14.4. The summed E-state index contributed by atoms with van der Waals surface area (Å²) in [5.74, 6) is -0.277. The number of aromatic nitrogens is 1. The molecule has 0 spiro atoms. The van der Waals surface area contributed by atoms with Gasteiger partial charge in [-0.25, -0.2) is 4.39 Å². The van der Waals surface area contributed by atoms with Crippen molar-refractivity contribution in [2.75, 3.05) is 0 Å². The monoisotopic (exact) mass is 229 g/mol. The summed E-state index contributed by atoms with van der Waals surface area (Å²) < 4.78 is 13.5. The van der Waals surface area contributed by atoms with Gasteiger partial charge >= 0.3 is 0 Å². The van der Waals surface area contributed by atoms with Crippen molar-refractivity contribution in [1.82, 2.24) is 4.98 Å². The molecule has 0 radical (unpaired) electrons. The molecule has 2 aromatic rings. The summed E-state index contributed by atoms with van der Waals surface area (Å²) in [5.41, 5.74) is 2.09. The van der Waals surface area contributed by atoms with Gasteiger partial charge in [0, 0.05) is 18.2 Å². The molecule has 3 heteroatoms. The molecule has 2 nitrogen and oxygen atoms in total. The molecule has 0 bridgehead atoms. The molecule has 86 valence electrons. The Hall–Kier alpha value is -2.03. The fourth-order valence-corrected chi connectivity index (χ4v) is 1.63. The van der Waals surface area contributed by atoms with Crippen LogP contribution in [-0.4, -0.2) is 11.3 Å². The zero-order valence-corrected chi connectivity index (χ0v) is 9.27. The molecule has 1 heterocycles. The third kappa shape index (κ3) is 2.75. The molecular weight excluding hydrogens is 217 g/mol. The van der Waals surface area contributed by atoms with Crippen LogP contribution in [0.5, 0.6) is 0 Å². The number of carbonyl (C=O) groups excluding carboxylic acids is 1. The average Bonchev–Trinajstić information content (AvgIpc) is 2.38. The van der Waals surface area contributed by atoms with E-state index in [4.69, 9.17) is 0 Å². The van der Waals surface area contributed by atoms with Crippen LogP contribution in [0.1, 0.15) is 12.0 Å². The number of pyridine rings is 1. The smallest absolute Gasteiger partial charge is 0.132 e. The van der Waals surface area contributed by atoms with Crippen LogP contribution in [0.3, 0.4) is 0 Å². The van der Waals surface area contributed by atoms with Crippen molar-refractivity contribution in [1.29, 1.82) is 0 Å². The van der Waals surface area contributed by atoms with E-state index in [9.17, 15) is 9.18 Å². The third-order valence-corrected chi connectivity index (χ3v) is 2.53. The van der Waals surface area contributed by atoms with Crippen LogP contribution in [0, 0.1) is 5.82 Å². The minimum absolute atomic E-state index is 0.277. The molecule has 0 aliphatic heterocycles. The van der Waals surface area contributed by atoms with Crippen molar-refractivity contribution < 1.29 is 9.18 Å². The van der Waals surface area contributed by atoms with Gasteiger partial charge in [-0.05, 0) is 30.2 Å². The molecule has 0 unspecified atom stereocenters. The van der Waals surface area contributed by atoms with Gasteiger partial charge in [-0.2, -0.15) is 0 Å². The molecule has 1 aromatic carbocycles. The minimum atomic E-state index is -0.277. The third-order valence-electron chi connectivity index (χ3n) is 2.53. The van der Waals surface area contributed by atoms with E-state index in [0.29, 0.717) is 24.1 Å². The first kappa shape index (κ1) is 11.5. The van der Waals surface area contributed by atoms with Crippen LogP contribution in [0.15, 0.2) is 42.6 Å². The van der Waals surface area contributed by atoms with E-state index in [1.807, 2.05) is 6.07 Å². The van der Waals surface area contributed by atoms with E-state index in [0.717, 1.165) is 11.8 Å². The van der Waals surface area contributed by atoms with Crippen LogP contribution in [0.2, 0.25) is 0 Å². The summed E-state index contributed by atoms with van der Waals surface area (Å²) in [7, 11) is 0. The molecule has 0 atom stereocenters. The molecule has 17 heavy (non-hydrogen) atoms. The lowest BCUT2D eigenvalue weighted by atomic mass is 10.1. The maximum absolute atomic E-state index is 13.5. The first-order valence-electron chi connectivity index (χ1n) is 5.45. The van der Waals surface area contributed by atoms with Crippen molar-refractivity contribution in [2.24, 2.45) is 0 Å². The Morgan fingerprint density at radius 1 is 1.18 bits per heavy atom. The fourth-order valence-electron chi connectivity index (χ4n) is 1.63. The van der Waals surface area contributed by atoms with E-state index in [1.165, 1.54) is 6.07 Å². The molecular formula is C14H12FNO. The first-order valence-corrected chi connectivity index (χ1v) is 5.45.